The summed E-state index contributed by atoms with van der Waals surface area (Å²) in [6.45, 7) is 0. The van der Waals surface area contributed by atoms with E-state index in [1.54, 1.807) is 0 Å². The number of rotatable bonds is 1. The summed E-state index contributed by atoms with van der Waals surface area (Å²) in [5.41, 5.74) is 2.64. The van der Waals surface area contributed by atoms with Gasteiger partial charge < -0.3 is 4.90 Å². The molecule has 1 aromatic rings. The molecule has 3 aliphatic rings. The zero-order valence-corrected chi connectivity index (χ0v) is 12.5. The Bertz CT molecular complexity index is 515. The van der Waals surface area contributed by atoms with Crippen molar-refractivity contribution in [1.29, 1.82) is 0 Å². The maximum atomic E-state index is 12.8. The van der Waals surface area contributed by atoms with Crippen LogP contribution in [0.1, 0.15) is 42.7 Å². The molecule has 1 aromatic carbocycles. The monoisotopic (exact) mass is 319 g/mol. The highest BCUT2D eigenvalue weighted by Gasteiger charge is 2.46. The molecule has 2 fully saturated rings. The molecule has 3 heteroatoms. The summed E-state index contributed by atoms with van der Waals surface area (Å²) in [7, 11) is 0. The average Bonchev–Trinajstić information content (AvgIpc) is 2.63. The maximum Gasteiger partial charge on any atom is 0.230 e. The van der Waals surface area contributed by atoms with Gasteiger partial charge in [-0.15, -0.1) is 0 Å². The fraction of sp³-hybridized carbons (Fsp3) is 0.562. The Kier molecular flexibility index (Phi) is 2.73. The van der Waals surface area contributed by atoms with E-state index in [1.165, 1.54) is 24.0 Å². The number of hydrogen-bond acceptors (Lipinski definition) is 1. The fourth-order valence-electron chi connectivity index (χ4n) is 4.13. The Morgan fingerprint density at radius 1 is 1.16 bits per heavy atom. The molecular formula is C16H18BrNO. The van der Waals surface area contributed by atoms with Crippen molar-refractivity contribution < 1.29 is 4.79 Å². The van der Waals surface area contributed by atoms with Gasteiger partial charge >= 0.3 is 0 Å². The Hall–Kier alpha value is -0.830. The molecule has 3 unspecified atom stereocenters. The molecular weight excluding hydrogens is 302 g/mol. The minimum absolute atomic E-state index is 0.145. The molecule has 19 heavy (non-hydrogen) atoms. The van der Waals surface area contributed by atoms with Crippen LogP contribution in [0.3, 0.4) is 0 Å². The van der Waals surface area contributed by atoms with Crippen molar-refractivity contribution in [3.05, 3.63) is 35.4 Å². The minimum Gasteiger partial charge on any atom is -0.336 e. The van der Waals surface area contributed by atoms with E-state index in [0.717, 1.165) is 19.3 Å². The number of amides is 1. The SMILES string of the molecule is O=C(C1Cc2ccccc21)N1C2CCC1CC(Br)C2. The highest BCUT2D eigenvalue weighted by Crippen LogP contribution is 2.43. The summed E-state index contributed by atoms with van der Waals surface area (Å²) in [5, 5.41) is 0. The van der Waals surface area contributed by atoms with Gasteiger partial charge in [0.05, 0.1) is 5.92 Å². The van der Waals surface area contributed by atoms with Gasteiger partial charge in [-0.25, -0.2) is 0 Å². The number of carbonyl (C=O) groups excluding carboxylic acids is 1. The van der Waals surface area contributed by atoms with E-state index in [0.29, 0.717) is 22.8 Å². The molecule has 2 heterocycles. The molecule has 4 rings (SSSR count). The molecule has 0 aromatic heterocycles. The van der Waals surface area contributed by atoms with E-state index in [4.69, 9.17) is 0 Å². The average molecular weight is 320 g/mol. The Labute approximate surface area is 122 Å². The molecule has 2 bridgehead atoms. The lowest BCUT2D eigenvalue weighted by atomic mass is 9.76. The Morgan fingerprint density at radius 3 is 2.53 bits per heavy atom. The van der Waals surface area contributed by atoms with Gasteiger partial charge in [-0.05, 0) is 43.2 Å². The van der Waals surface area contributed by atoms with Gasteiger partial charge in [0.15, 0.2) is 0 Å². The first kappa shape index (κ1) is 12.0. The quantitative estimate of drug-likeness (QED) is 0.728. The van der Waals surface area contributed by atoms with Crippen LogP contribution in [0.2, 0.25) is 0 Å². The van der Waals surface area contributed by atoms with Gasteiger partial charge in [0.25, 0.3) is 0 Å². The molecule has 2 aliphatic heterocycles. The number of nitrogens with zero attached hydrogens (tertiary/aromatic N) is 1. The maximum absolute atomic E-state index is 12.8. The topological polar surface area (TPSA) is 20.3 Å². The summed E-state index contributed by atoms with van der Waals surface area (Å²) < 4.78 is 0. The van der Waals surface area contributed by atoms with Crippen LogP contribution in [0, 0.1) is 0 Å². The van der Waals surface area contributed by atoms with Crippen LogP contribution < -0.4 is 0 Å². The lowest BCUT2D eigenvalue weighted by Crippen LogP contribution is -2.50. The van der Waals surface area contributed by atoms with Gasteiger partial charge in [0.1, 0.15) is 0 Å². The highest BCUT2D eigenvalue weighted by molar-refractivity contribution is 9.09. The first-order valence-electron chi connectivity index (χ1n) is 7.28. The minimum atomic E-state index is 0.145. The summed E-state index contributed by atoms with van der Waals surface area (Å²) in [6, 6.07) is 9.38. The number of piperidine rings is 1. The predicted octanol–water partition coefficient (Wildman–Crippen LogP) is 3.24. The molecule has 2 nitrogen and oxygen atoms in total. The van der Waals surface area contributed by atoms with Crippen LogP contribution in [-0.2, 0) is 11.2 Å². The third-order valence-electron chi connectivity index (χ3n) is 5.08. The first-order chi connectivity index (χ1) is 9.24. The van der Waals surface area contributed by atoms with Crippen molar-refractivity contribution in [1.82, 2.24) is 4.90 Å². The zero-order chi connectivity index (χ0) is 13.0. The standard InChI is InChI=1S/C16H18BrNO/c17-11-8-12-5-6-13(9-11)18(12)16(19)15-7-10-3-1-2-4-14(10)15/h1-4,11-13,15H,5-9H2. The van der Waals surface area contributed by atoms with E-state index >= 15 is 0 Å². The van der Waals surface area contributed by atoms with Gasteiger partial charge in [0.2, 0.25) is 5.91 Å². The van der Waals surface area contributed by atoms with Gasteiger partial charge in [0, 0.05) is 16.9 Å². The summed E-state index contributed by atoms with van der Waals surface area (Å²) >= 11 is 3.74. The second-order valence-electron chi connectivity index (χ2n) is 6.15. The molecule has 100 valence electrons. The largest absolute Gasteiger partial charge is 0.336 e. The molecule has 3 atom stereocenters. The van der Waals surface area contributed by atoms with Crippen molar-refractivity contribution in [3.8, 4) is 0 Å². The summed E-state index contributed by atoms with van der Waals surface area (Å²) in [6.07, 6.45) is 5.62. The number of benzene rings is 1. The summed E-state index contributed by atoms with van der Waals surface area (Å²) in [4.78, 5) is 15.7. The van der Waals surface area contributed by atoms with E-state index in [-0.39, 0.29) is 5.92 Å². The van der Waals surface area contributed by atoms with Crippen molar-refractivity contribution in [2.24, 2.45) is 0 Å². The lowest BCUT2D eigenvalue weighted by Gasteiger charge is -2.41. The Morgan fingerprint density at radius 2 is 1.84 bits per heavy atom. The lowest BCUT2D eigenvalue weighted by molar-refractivity contribution is -0.137. The van der Waals surface area contributed by atoms with Crippen LogP contribution in [0.4, 0.5) is 0 Å². The molecule has 0 radical (unpaired) electrons. The number of fused-ring (bicyclic) bond motifs is 3. The first-order valence-corrected chi connectivity index (χ1v) is 8.19. The van der Waals surface area contributed by atoms with E-state index < -0.39 is 0 Å². The van der Waals surface area contributed by atoms with Crippen molar-refractivity contribution in [2.45, 2.75) is 54.9 Å². The van der Waals surface area contributed by atoms with Crippen LogP contribution in [-0.4, -0.2) is 27.7 Å². The van der Waals surface area contributed by atoms with E-state index in [9.17, 15) is 4.79 Å². The van der Waals surface area contributed by atoms with Crippen LogP contribution in [0.5, 0.6) is 0 Å². The van der Waals surface area contributed by atoms with E-state index in [1.807, 2.05) is 0 Å². The molecule has 0 spiro atoms. The van der Waals surface area contributed by atoms with Crippen LogP contribution >= 0.6 is 15.9 Å². The third-order valence-corrected chi connectivity index (χ3v) is 5.83. The van der Waals surface area contributed by atoms with Crippen molar-refractivity contribution in [2.75, 3.05) is 0 Å². The number of carbonyl (C=O) groups is 1. The smallest absolute Gasteiger partial charge is 0.230 e. The highest BCUT2D eigenvalue weighted by atomic mass is 79.9. The van der Waals surface area contributed by atoms with Gasteiger partial charge in [-0.3, -0.25) is 4.79 Å². The molecule has 2 saturated heterocycles. The summed E-state index contributed by atoms with van der Waals surface area (Å²) in [5.74, 6) is 0.539. The number of halogens is 1. The zero-order valence-electron chi connectivity index (χ0n) is 10.9. The van der Waals surface area contributed by atoms with Crippen LogP contribution in [0.15, 0.2) is 24.3 Å². The second-order valence-corrected chi connectivity index (χ2v) is 7.45. The fourth-order valence-corrected chi connectivity index (χ4v) is 4.99. The van der Waals surface area contributed by atoms with Gasteiger partial charge in [-0.1, -0.05) is 40.2 Å². The van der Waals surface area contributed by atoms with E-state index in [2.05, 4.69) is 45.1 Å². The molecule has 0 saturated carbocycles. The van der Waals surface area contributed by atoms with Crippen LogP contribution in [0.25, 0.3) is 0 Å². The normalized spacial score (nSPS) is 35.7. The molecule has 0 N–H and O–H groups in total. The third kappa shape index (κ3) is 1.78. The van der Waals surface area contributed by atoms with Crippen molar-refractivity contribution in [3.63, 3.8) is 0 Å². The second kappa shape index (κ2) is 4.34. The Balaban J connectivity index is 1.57. The molecule has 1 aliphatic carbocycles. The predicted molar refractivity (Wildman–Crippen MR) is 78.5 cm³/mol. The number of hydrogen-bond donors (Lipinski definition) is 0. The van der Waals surface area contributed by atoms with Gasteiger partial charge in [-0.2, -0.15) is 0 Å². The molecule has 1 amide bonds. The number of alkyl halides is 1. The van der Waals surface area contributed by atoms with Crippen molar-refractivity contribution >= 4 is 21.8 Å².